The topological polar surface area (TPSA) is 66.5 Å². The molecule has 2 aromatic rings. The number of rotatable bonds is 7. The number of hydrogen-bond donors (Lipinski definition) is 1. The predicted molar refractivity (Wildman–Crippen MR) is 109 cm³/mol. The van der Waals surface area contributed by atoms with Gasteiger partial charge < -0.3 is 4.90 Å². The molecule has 0 spiro atoms. The maximum atomic E-state index is 13.1. The molecule has 1 heterocycles. The van der Waals surface area contributed by atoms with Crippen molar-refractivity contribution >= 4 is 27.7 Å². The quantitative estimate of drug-likeness (QED) is 0.771. The number of nitrogens with one attached hydrogen (secondary N) is 1. The first-order chi connectivity index (χ1) is 13.0. The molecule has 1 aliphatic rings. The fourth-order valence-corrected chi connectivity index (χ4v) is 4.94. The first kappa shape index (κ1) is 19.9. The summed E-state index contributed by atoms with van der Waals surface area (Å²) in [5.74, 6) is 0.552. The normalized spacial score (nSPS) is 15.2. The molecule has 1 atom stereocenters. The summed E-state index contributed by atoms with van der Waals surface area (Å²) in [6.45, 7) is 1.14. The monoisotopic (exact) mass is 404 g/mol. The van der Waals surface area contributed by atoms with Gasteiger partial charge in [0.05, 0.1) is 4.90 Å². The third kappa shape index (κ3) is 4.91. The predicted octanol–water partition coefficient (Wildman–Crippen LogP) is 2.67. The van der Waals surface area contributed by atoms with E-state index >= 15 is 0 Å². The lowest BCUT2D eigenvalue weighted by Gasteiger charge is -2.32. The van der Waals surface area contributed by atoms with Gasteiger partial charge >= 0.3 is 0 Å². The van der Waals surface area contributed by atoms with Crippen LogP contribution >= 0.6 is 11.8 Å². The highest BCUT2D eigenvalue weighted by molar-refractivity contribution is 7.98. The van der Waals surface area contributed by atoms with Crippen molar-refractivity contribution in [3.8, 4) is 0 Å². The van der Waals surface area contributed by atoms with E-state index in [2.05, 4.69) is 10.8 Å². The van der Waals surface area contributed by atoms with Crippen LogP contribution in [0.4, 0.5) is 0 Å². The number of sulfonamides is 1. The Bertz CT molecular complexity index is 885. The Labute approximate surface area is 165 Å². The van der Waals surface area contributed by atoms with Gasteiger partial charge in [-0.1, -0.05) is 42.5 Å². The Hall–Kier alpha value is -1.83. The number of carbonyl (C=O) groups excluding carboxylic acids is 1. The standard InChI is InChI=1S/C20H24N2O3S2/c1-26-14-12-19(21-27(24,25)18-9-3-2-4-10-18)20(23)22-13-11-16-7-5-6-8-17(16)15-22/h2-10,19,21H,11-15H2,1H3. The fraction of sp³-hybridized carbons (Fsp3) is 0.350. The molecule has 2 aromatic carbocycles. The molecule has 27 heavy (non-hydrogen) atoms. The van der Waals surface area contributed by atoms with Crippen molar-refractivity contribution in [2.75, 3.05) is 18.6 Å². The van der Waals surface area contributed by atoms with Gasteiger partial charge in [0.15, 0.2) is 0 Å². The molecule has 0 fully saturated rings. The van der Waals surface area contributed by atoms with Crippen LogP contribution in [-0.2, 0) is 27.8 Å². The zero-order valence-electron chi connectivity index (χ0n) is 15.3. The molecule has 7 heteroatoms. The van der Waals surface area contributed by atoms with Gasteiger partial charge in [-0.05, 0) is 48.1 Å². The van der Waals surface area contributed by atoms with Gasteiger partial charge in [-0.3, -0.25) is 4.79 Å². The van der Waals surface area contributed by atoms with Crippen LogP contribution in [0.25, 0.3) is 0 Å². The summed E-state index contributed by atoms with van der Waals surface area (Å²) in [5, 5.41) is 0. The van der Waals surface area contributed by atoms with Gasteiger partial charge in [-0.25, -0.2) is 8.42 Å². The second-order valence-electron chi connectivity index (χ2n) is 6.55. The van der Waals surface area contributed by atoms with Crippen LogP contribution in [0, 0.1) is 0 Å². The highest BCUT2D eigenvalue weighted by atomic mass is 32.2. The molecule has 0 saturated carbocycles. The molecular weight excluding hydrogens is 380 g/mol. The van der Waals surface area contributed by atoms with Crippen LogP contribution in [0.15, 0.2) is 59.5 Å². The third-order valence-corrected chi connectivity index (χ3v) is 6.83. The Morgan fingerprint density at radius 1 is 1.11 bits per heavy atom. The number of carbonyl (C=O) groups is 1. The second-order valence-corrected chi connectivity index (χ2v) is 9.25. The van der Waals surface area contributed by atoms with E-state index in [0.717, 1.165) is 12.0 Å². The number of hydrogen-bond acceptors (Lipinski definition) is 4. The summed E-state index contributed by atoms with van der Waals surface area (Å²) in [7, 11) is -3.74. The third-order valence-electron chi connectivity index (χ3n) is 4.70. The summed E-state index contributed by atoms with van der Waals surface area (Å²) in [6.07, 6.45) is 3.21. The van der Waals surface area contributed by atoms with E-state index in [0.29, 0.717) is 25.3 Å². The smallest absolute Gasteiger partial charge is 0.241 e. The number of benzene rings is 2. The minimum Gasteiger partial charge on any atom is -0.337 e. The number of nitrogens with zero attached hydrogens (tertiary/aromatic N) is 1. The second kappa shape index (κ2) is 8.91. The van der Waals surface area contributed by atoms with Crippen LogP contribution in [0.3, 0.4) is 0 Å². The minimum atomic E-state index is -3.74. The molecule has 1 N–H and O–H groups in total. The Morgan fingerprint density at radius 2 is 1.78 bits per heavy atom. The SMILES string of the molecule is CSCCC(NS(=O)(=O)c1ccccc1)C(=O)N1CCc2ccccc2C1. The summed E-state index contributed by atoms with van der Waals surface area (Å²) in [4.78, 5) is 15.1. The van der Waals surface area contributed by atoms with E-state index in [-0.39, 0.29) is 10.8 Å². The lowest BCUT2D eigenvalue weighted by atomic mass is 9.99. The fourth-order valence-electron chi connectivity index (χ4n) is 3.23. The van der Waals surface area contributed by atoms with Crippen molar-refractivity contribution in [2.45, 2.75) is 30.3 Å². The largest absolute Gasteiger partial charge is 0.337 e. The molecule has 1 aliphatic heterocycles. The van der Waals surface area contributed by atoms with Crippen LogP contribution in [0.2, 0.25) is 0 Å². The first-order valence-electron chi connectivity index (χ1n) is 8.93. The van der Waals surface area contributed by atoms with E-state index in [1.165, 1.54) is 17.7 Å². The molecule has 0 radical (unpaired) electrons. The van der Waals surface area contributed by atoms with E-state index in [1.54, 1.807) is 34.9 Å². The molecule has 1 amide bonds. The van der Waals surface area contributed by atoms with Crippen molar-refractivity contribution in [1.29, 1.82) is 0 Å². The van der Waals surface area contributed by atoms with E-state index in [1.807, 2.05) is 24.5 Å². The highest BCUT2D eigenvalue weighted by Gasteiger charge is 2.30. The summed E-state index contributed by atoms with van der Waals surface area (Å²) >= 11 is 1.60. The zero-order chi connectivity index (χ0) is 19.3. The molecule has 1 unspecified atom stereocenters. The Balaban J connectivity index is 1.77. The number of thioether (sulfide) groups is 1. The lowest BCUT2D eigenvalue weighted by molar-refractivity contribution is -0.134. The molecule has 144 valence electrons. The Morgan fingerprint density at radius 3 is 2.48 bits per heavy atom. The van der Waals surface area contributed by atoms with Gasteiger partial charge in [-0.15, -0.1) is 0 Å². The van der Waals surface area contributed by atoms with Crippen LogP contribution in [0.1, 0.15) is 17.5 Å². The number of fused-ring (bicyclic) bond motifs is 1. The summed E-state index contributed by atoms with van der Waals surface area (Å²) in [6, 6.07) is 15.5. The molecular formula is C20H24N2O3S2. The van der Waals surface area contributed by atoms with Crippen molar-refractivity contribution in [3.63, 3.8) is 0 Å². The van der Waals surface area contributed by atoms with Gasteiger partial charge in [0.25, 0.3) is 0 Å². The lowest BCUT2D eigenvalue weighted by Crippen LogP contribution is -2.50. The Kier molecular flexibility index (Phi) is 6.57. The first-order valence-corrected chi connectivity index (χ1v) is 11.8. The maximum Gasteiger partial charge on any atom is 0.241 e. The van der Waals surface area contributed by atoms with Gasteiger partial charge in [0, 0.05) is 13.1 Å². The van der Waals surface area contributed by atoms with Crippen LogP contribution in [-0.4, -0.2) is 43.8 Å². The van der Waals surface area contributed by atoms with E-state index in [9.17, 15) is 13.2 Å². The van der Waals surface area contributed by atoms with E-state index < -0.39 is 16.1 Å². The van der Waals surface area contributed by atoms with Gasteiger partial charge in [-0.2, -0.15) is 16.5 Å². The average molecular weight is 405 g/mol. The van der Waals surface area contributed by atoms with Gasteiger partial charge in [0.2, 0.25) is 15.9 Å². The van der Waals surface area contributed by atoms with Crippen molar-refractivity contribution in [3.05, 3.63) is 65.7 Å². The molecule has 3 rings (SSSR count). The maximum absolute atomic E-state index is 13.1. The van der Waals surface area contributed by atoms with Gasteiger partial charge in [0.1, 0.15) is 6.04 Å². The zero-order valence-corrected chi connectivity index (χ0v) is 16.9. The molecule has 0 saturated heterocycles. The molecule has 0 aromatic heterocycles. The number of amides is 1. The summed E-state index contributed by atoms with van der Waals surface area (Å²) in [5.41, 5.74) is 2.39. The van der Waals surface area contributed by atoms with Crippen molar-refractivity contribution in [2.24, 2.45) is 0 Å². The van der Waals surface area contributed by atoms with Crippen LogP contribution < -0.4 is 4.72 Å². The van der Waals surface area contributed by atoms with Crippen LogP contribution in [0.5, 0.6) is 0 Å². The van der Waals surface area contributed by atoms with Crippen molar-refractivity contribution < 1.29 is 13.2 Å². The van der Waals surface area contributed by atoms with E-state index in [4.69, 9.17) is 0 Å². The molecule has 5 nitrogen and oxygen atoms in total. The molecule has 0 aliphatic carbocycles. The molecule has 0 bridgehead atoms. The average Bonchev–Trinajstić information content (AvgIpc) is 2.70. The highest BCUT2D eigenvalue weighted by Crippen LogP contribution is 2.20. The minimum absolute atomic E-state index is 0.155. The van der Waals surface area contributed by atoms with Crippen molar-refractivity contribution in [1.82, 2.24) is 9.62 Å². The summed E-state index contributed by atoms with van der Waals surface area (Å²) < 4.78 is 28.0.